The number of hydrogen-bond donors (Lipinski definition) is 2. The van der Waals surface area contributed by atoms with Gasteiger partial charge < -0.3 is 20.2 Å². The lowest BCUT2D eigenvalue weighted by atomic mass is 10.2. The highest BCUT2D eigenvalue weighted by Crippen LogP contribution is 2.29. The highest BCUT2D eigenvalue weighted by atomic mass is 16.5. The van der Waals surface area contributed by atoms with Gasteiger partial charge in [0.25, 0.3) is 0 Å². The van der Waals surface area contributed by atoms with E-state index in [-0.39, 0.29) is 0 Å². The first-order valence-corrected chi connectivity index (χ1v) is 6.37. The molecule has 0 fully saturated rings. The number of nitrogens with zero attached hydrogens (tertiary/aromatic N) is 1. The van der Waals surface area contributed by atoms with Crippen LogP contribution in [0.3, 0.4) is 0 Å². The second-order valence-electron chi connectivity index (χ2n) is 4.28. The molecule has 0 saturated heterocycles. The number of hydrogen-bond acceptors (Lipinski definition) is 5. The second-order valence-corrected chi connectivity index (χ2v) is 4.28. The monoisotopic (exact) mass is 261 g/mol. The summed E-state index contributed by atoms with van der Waals surface area (Å²) in [6, 6.07) is 5.68. The minimum absolute atomic E-state index is 0.495. The molecule has 5 heteroatoms. The number of benzene rings is 1. The van der Waals surface area contributed by atoms with Crippen LogP contribution in [-0.2, 0) is 6.54 Å². The number of aryl methyl sites for hydroxylation is 1. The van der Waals surface area contributed by atoms with Gasteiger partial charge in [-0.2, -0.15) is 0 Å². The maximum absolute atomic E-state index is 6.05. The van der Waals surface area contributed by atoms with Crippen molar-refractivity contribution in [3.05, 3.63) is 36.0 Å². The third kappa shape index (κ3) is 3.40. The van der Waals surface area contributed by atoms with E-state index in [4.69, 9.17) is 14.9 Å². The van der Waals surface area contributed by atoms with Gasteiger partial charge in [-0.15, -0.1) is 0 Å². The lowest BCUT2D eigenvalue weighted by molar-refractivity contribution is 0.319. The molecule has 0 aliphatic rings. The van der Waals surface area contributed by atoms with Gasteiger partial charge in [-0.3, -0.25) is 0 Å². The molecule has 0 bridgehead atoms. The molecule has 2 rings (SSSR count). The van der Waals surface area contributed by atoms with Gasteiger partial charge in [0.2, 0.25) is 5.89 Å². The zero-order valence-corrected chi connectivity index (χ0v) is 11.3. The molecule has 1 aromatic heterocycles. The summed E-state index contributed by atoms with van der Waals surface area (Å²) >= 11 is 0. The minimum atomic E-state index is 0.495. The third-order valence-electron chi connectivity index (χ3n) is 2.63. The summed E-state index contributed by atoms with van der Waals surface area (Å²) < 4.78 is 11.0. The fourth-order valence-electron chi connectivity index (χ4n) is 1.69. The van der Waals surface area contributed by atoms with E-state index in [0.29, 0.717) is 30.5 Å². The predicted molar refractivity (Wildman–Crippen MR) is 75.2 cm³/mol. The molecular weight excluding hydrogens is 242 g/mol. The van der Waals surface area contributed by atoms with Gasteiger partial charge in [0.15, 0.2) is 0 Å². The zero-order valence-electron chi connectivity index (χ0n) is 11.3. The fourth-order valence-corrected chi connectivity index (χ4v) is 1.69. The molecule has 102 valence electrons. The molecule has 3 N–H and O–H groups in total. The van der Waals surface area contributed by atoms with Crippen LogP contribution in [-0.4, -0.2) is 11.6 Å². The smallest absolute Gasteiger partial charge is 0.213 e. The Hall–Kier alpha value is -2.17. The Morgan fingerprint density at radius 1 is 1.42 bits per heavy atom. The van der Waals surface area contributed by atoms with Crippen molar-refractivity contribution in [2.75, 3.05) is 17.7 Å². The van der Waals surface area contributed by atoms with Crippen molar-refractivity contribution in [2.24, 2.45) is 0 Å². The molecule has 0 radical (unpaired) electrons. The lowest BCUT2D eigenvalue weighted by Crippen LogP contribution is -2.05. The van der Waals surface area contributed by atoms with Gasteiger partial charge in [0, 0.05) is 0 Å². The number of nitrogen functional groups attached to an aromatic ring is 1. The van der Waals surface area contributed by atoms with Crippen LogP contribution in [0, 0.1) is 6.92 Å². The van der Waals surface area contributed by atoms with E-state index in [0.717, 1.165) is 17.9 Å². The van der Waals surface area contributed by atoms with E-state index in [9.17, 15) is 0 Å². The van der Waals surface area contributed by atoms with E-state index in [1.54, 1.807) is 6.20 Å². The third-order valence-corrected chi connectivity index (χ3v) is 2.63. The summed E-state index contributed by atoms with van der Waals surface area (Å²) in [4.78, 5) is 4.13. The maximum atomic E-state index is 6.05. The van der Waals surface area contributed by atoms with Crippen LogP contribution in [0.15, 0.2) is 28.8 Å². The molecule has 1 aromatic carbocycles. The number of ether oxygens (including phenoxy) is 1. The predicted octanol–water partition coefficient (Wildman–Crippen LogP) is 2.97. The van der Waals surface area contributed by atoms with Gasteiger partial charge >= 0.3 is 0 Å². The maximum Gasteiger partial charge on any atom is 0.213 e. The number of rotatable bonds is 6. The Bertz CT molecular complexity index is 537. The largest absolute Gasteiger partial charge is 0.491 e. The summed E-state index contributed by atoms with van der Waals surface area (Å²) in [6.45, 7) is 5.08. The van der Waals surface area contributed by atoms with E-state index in [1.807, 2.05) is 25.1 Å². The standard InChI is InChI=1S/C14H19N3O2/c1-3-7-18-12-6-4-5-11(14(12)15)16-9-13-17-8-10(2)19-13/h4-6,8,16H,3,7,9,15H2,1-2H3. The molecule has 0 amide bonds. The van der Waals surface area contributed by atoms with Gasteiger partial charge in [-0.05, 0) is 25.5 Å². The van der Waals surface area contributed by atoms with Gasteiger partial charge in [0.05, 0.1) is 30.7 Å². The van der Waals surface area contributed by atoms with E-state index >= 15 is 0 Å². The molecule has 0 aliphatic carbocycles. The SMILES string of the molecule is CCCOc1cccc(NCc2ncc(C)o2)c1N. The fraction of sp³-hybridized carbons (Fsp3) is 0.357. The number of anilines is 2. The van der Waals surface area contributed by atoms with E-state index in [1.165, 1.54) is 0 Å². The number of aromatic nitrogens is 1. The Labute approximate surface area is 112 Å². The van der Waals surface area contributed by atoms with Crippen LogP contribution in [0.25, 0.3) is 0 Å². The summed E-state index contributed by atoms with van der Waals surface area (Å²) in [6.07, 6.45) is 2.65. The summed E-state index contributed by atoms with van der Waals surface area (Å²) in [7, 11) is 0. The Morgan fingerprint density at radius 2 is 2.26 bits per heavy atom. The average molecular weight is 261 g/mol. The molecule has 1 heterocycles. The van der Waals surface area contributed by atoms with Crippen molar-refractivity contribution in [1.29, 1.82) is 0 Å². The highest BCUT2D eigenvalue weighted by Gasteiger charge is 2.07. The van der Waals surface area contributed by atoms with Gasteiger partial charge in [-0.25, -0.2) is 4.98 Å². The Kier molecular flexibility index (Phi) is 4.28. The first-order chi connectivity index (χ1) is 9.20. The van der Waals surface area contributed by atoms with Crippen molar-refractivity contribution in [3.8, 4) is 5.75 Å². The van der Waals surface area contributed by atoms with Crippen LogP contribution >= 0.6 is 0 Å². The number of nitrogens with one attached hydrogen (secondary N) is 1. The van der Waals surface area contributed by atoms with Crippen LogP contribution in [0.5, 0.6) is 5.75 Å². The molecule has 0 unspecified atom stereocenters. The van der Waals surface area contributed by atoms with Crippen LogP contribution in [0.1, 0.15) is 25.0 Å². The normalized spacial score (nSPS) is 10.4. The number of para-hydroxylation sites is 1. The summed E-state index contributed by atoms with van der Waals surface area (Å²) in [5.41, 5.74) is 7.49. The van der Waals surface area contributed by atoms with Crippen molar-refractivity contribution in [3.63, 3.8) is 0 Å². The van der Waals surface area contributed by atoms with Crippen molar-refractivity contribution in [2.45, 2.75) is 26.8 Å². The summed E-state index contributed by atoms with van der Waals surface area (Å²) in [5.74, 6) is 2.14. The molecule has 0 saturated carbocycles. The van der Waals surface area contributed by atoms with Crippen molar-refractivity contribution < 1.29 is 9.15 Å². The number of oxazole rings is 1. The molecule has 0 atom stereocenters. The molecular formula is C14H19N3O2. The molecule has 5 nitrogen and oxygen atoms in total. The first kappa shape index (κ1) is 13.3. The molecule has 2 aromatic rings. The molecule has 19 heavy (non-hydrogen) atoms. The van der Waals surface area contributed by atoms with Crippen LogP contribution in [0.2, 0.25) is 0 Å². The van der Waals surface area contributed by atoms with E-state index < -0.39 is 0 Å². The van der Waals surface area contributed by atoms with Crippen molar-refractivity contribution in [1.82, 2.24) is 4.98 Å². The minimum Gasteiger partial charge on any atom is -0.491 e. The van der Waals surface area contributed by atoms with Gasteiger partial charge in [0.1, 0.15) is 11.5 Å². The zero-order chi connectivity index (χ0) is 13.7. The Morgan fingerprint density at radius 3 is 2.95 bits per heavy atom. The van der Waals surface area contributed by atoms with E-state index in [2.05, 4.69) is 17.2 Å². The van der Waals surface area contributed by atoms with Crippen LogP contribution < -0.4 is 15.8 Å². The molecule has 0 spiro atoms. The highest BCUT2D eigenvalue weighted by molar-refractivity contribution is 5.72. The van der Waals surface area contributed by atoms with Crippen molar-refractivity contribution >= 4 is 11.4 Å². The quantitative estimate of drug-likeness (QED) is 0.782. The molecule has 0 aliphatic heterocycles. The van der Waals surface area contributed by atoms with Crippen LogP contribution in [0.4, 0.5) is 11.4 Å². The summed E-state index contributed by atoms with van der Waals surface area (Å²) in [5, 5.41) is 3.20. The van der Waals surface area contributed by atoms with Gasteiger partial charge in [-0.1, -0.05) is 13.0 Å². The topological polar surface area (TPSA) is 73.3 Å². The second kappa shape index (κ2) is 6.13. The Balaban J connectivity index is 2.03. The first-order valence-electron chi connectivity index (χ1n) is 6.37. The number of nitrogens with two attached hydrogens (primary N) is 1. The lowest BCUT2D eigenvalue weighted by Gasteiger charge is -2.12. The average Bonchev–Trinajstić information content (AvgIpc) is 2.82.